The molecule has 0 amide bonds. The first-order chi connectivity index (χ1) is 8.56. The molecule has 3 rings (SSSR count). The second-order valence-electron chi connectivity index (χ2n) is 4.30. The maximum atomic E-state index is 9.71. The number of nitrogens with zero attached hydrogens (tertiary/aromatic N) is 4. The van der Waals surface area contributed by atoms with Gasteiger partial charge in [-0.25, -0.2) is 4.98 Å². The van der Waals surface area contributed by atoms with Crippen LogP contribution in [-0.4, -0.2) is 36.8 Å². The standard InChI is InChI=1S/C10H12ClN5O2/c1-4-5(17)2-6(18-4)16-3-13-7-8(12)14-10(11)15-9(7)16/h3-6,17H,2H2,1H3,(H2,12,14,15)/t4?,5-,6-/m1/s1. The number of nitrogen functional groups attached to an aromatic ring is 1. The molecular formula is C10H12ClN5O2. The Kier molecular flexibility index (Phi) is 2.61. The van der Waals surface area contributed by atoms with Crippen molar-refractivity contribution in [2.45, 2.75) is 31.8 Å². The van der Waals surface area contributed by atoms with E-state index in [1.807, 2.05) is 6.92 Å². The molecule has 0 bridgehead atoms. The van der Waals surface area contributed by atoms with Crippen LogP contribution in [0.1, 0.15) is 19.6 Å². The molecule has 0 aromatic carbocycles. The van der Waals surface area contributed by atoms with Gasteiger partial charge in [-0.3, -0.25) is 4.57 Å². The van der Waals surface area contributed by atoms with E-state index in [1.165, 1.54) is 0 Å². The van der Waals surface area contributed by atoms with E-state index in [0.717, 1.165) is 0 Å². The first-order valence-corrected chi connectivity index (χ1v) is 5.93. The third-order valence-corrected chi connectivity index (χ3v) is 3.26. The number of aliphatic hydroxyl groups excluding tert-OH is 1. The van der Waals surface area contributed by atoms with E-state index in [4.69, 9.17) is 22.1 Å². The van der Waals surface area contributed by atoms with Crippen molar-refractivity contribution in [3.63, 3.8) is 0 Å². The summed E-state index contributed by atoms with van der Waals surface area (Å²) >= 11 is 5.78. The van der Waals surface area contributed by atoms with Crippen molar-refractivity contribution in [3.8, 4) is 0 Å². The van der Waals surface area contributed by atoms with Crippen molar-refractivity contribution in [2.24, 2.45) is 0 Å². The summed E-state index contributed by atoms with van der Waals surface area (Å²) in [6.07, 6.45) is 1.02. The minimum atomic E-state index is -0.498. The summed E-state index contributed by atoms with van der Waals surface area (Å²) < 4.78 is 7.35. The van der Waals surface area contributed by atoms with Gasteiger partial charge in [0.05, 0.1) is 18.5 Å². The van der Waals surface area contributed by atoms with E-state index in [1.54, 1.807) is 10.9 Å². The topological polar surface area (TPSA) is 99.1 Å². The third-order valence-electron chi connectivity index (χ3n) is 3.09. The molecular weight excluding hydrogens is 258 g/mol. The number of hydrogen-bond acceptors (Lipinski definition) is 6. The lowest BCUT2D eigenvalue weighted by Crippen LogP contribution is -2.15. The van der Waals surface area contributed by atoms with Crippen molar-refractivity contribution in [1.29, 1.82) is 0 Å². The second kappa shape index (κ2) is 4.04. The van der Waals surface area contributed by atoms with E-state index < -0.39 is 6.10 Å². The Balaban J connectivity index is 2.08. The van der Waals surface area contributed by atoms with Crippen LogP contribution in [0, 0.1) is 0 Å². The third kappa shape index (κ3) is 1.71. The number of aliphatic hydroxyl groups is 1. The van der Waals surface area contributed by atoms with Gasteiger partial charge in [0.15, 0.2) is 11.5 Å². The van der Waals surface area contributed by atoms with Gasteiger partial charge in [0.2, 0.25) is 5.28 Å². The largest absolute Gasteiger partial charge is 0.390 e. The Labute approximate surface area is 108 Å². The Morgan fingerprint density at radius 1 is 1.56 bits per heavy atom. The highest BCUT2D eigenvalue weighted by atomic mass is 35.5. The Morgan fingerprint density at radius 2 is 2.33 bits per heavy atom. The molecule has 18 heavy (non-hydrogen) atoms. The van der Waals surface area contributed by atoms with Crippen molar-refractivity contribution in [1.82, 2.24) is 19.5 Å². The summed E-state index contributed by atoms with van der Waals surface area (Å²) in [4.78, 5) is 12.1. The molecule has 1 aliphatic rings. The molecule has 0 radical (unpaired) electrons. The fraction of sp³-hybridized carbons (Fsp3) is 0.500. The highest BCUT2D eigenvalue weighted by molar-refractivity contribution is 6.28. The Morgan fingerprint density at radius 3 is 3.00 bits per heavy atom. The Bertz CT molecular complexity index is 591. The first-order valence-electron chi connectivity index (χ1n) is 5.55. The van der Waals surface area contributed by atoms with Gasteiger partial charge in [-0.2, -0.15) is 9.97 Å². The lowest BCUT2D eigenvalue weighted by atomic mass is 10.2. The lowest BCUT2D eigenvalue weighted by molar-refractivity contribution is -0.00632. The maximum absolute atomic E-state index is 9.71. The molecule has 1 aliphatic heterocycles. The second-order valence-corrected chi connectivity index (χ2v) is 4.64. The number of rotatable bonds is 1. The molecule has 1 fully saturated rings. The molecule has 96 valence electrons. The summed E-state index contributed by atoms with van der Waals surface area (Å²) in [7, 11) is 0. The molecule has 1 saturated heterocycles. The van der Waals surface area contributed by atoms with Crippen molar-refractivity contribution in [3.05, 3.63) is 11.6 Å². The number of anilines is 1. The number of imidazole rings is 1. The first kappa shape index (κ1) is 11.6. The van der Waals surface area contributed by atoms with Crippen molar-refractivity contribution >= 4 is 28.6 Å². The Hall–Kier alpha value is -1.44. The van der Waals surface area contributed by atoms with Crippen LogP contribution < -0.4 is 5.73 Å². The predicted molar refractivity (Wildman–Crippen MR) is 65.0 cm³/mol. The van der Waals surface area contributed by atoms with E-state index in [2.05, 4.69) is 15.0 Å². The molecule has 2 aromatic heterocycles. The number of halogens is 1. The molecule has 2 aromatic rings. The van der Waals surface area contributed by atoms with E-state index in [-0.39, 0.29) is 23.4 Å². The SMILES string of the molecule is CC1O[C@@H](n2cnc3c(N)nc(Cl)nc32)C[C@H]1O. The molecule has 0 spiro atoms. The van der Waals surface area contributed by atoms with Crippen LogP contribution in [0.5, 0.6) is 0 Å². The van der Waals surface area contributed by atoms with Crippen molar-refractivity contribution in [2.75, 3.05) is 5.73 Å². The summed E-state index contributed by atoms with van der Waals surface area (Å²) in [6.45, 7) is 1.82. The van der Waals surface area contributed by atoms with Crippen LogP contribution in [0.25, 0.3) is 11.2 Å². The van der Waals surface area contributed by atoms with Crippen molar-refractivity contribution < 1.29 is 9.84 Å². The zero-order valence-corrected chi connectivity index (χ0v) is 10.4. The number of fused-ring (bicyclic) bond motifs is 1. The lowest BCUT2D eigenvalue weighted by Gasteiger charge is -2.12. The van der Waals surface area contributed by atoms with E-state index in [0.29, 0.717) is 17.6 Å². The average Bonchev–Trinajstić information content (AvgIpc) is 2.83. The number of aromatic nitrogens is 4. The van der Waals surface area contributed by atoms with E-state index in [9.17, 15) is 5.11 Å². The molecule has 0 saturated carbocycles. The quantitative estimate of drug-likeness (QED) is 0.741. The summed E-state index contributed by atoms with van der Waals surface area (Å²) in [5, 5.41) is 9.77. The maximum Gasteiger partial charge on any atom is 0.226 e. The van der Waals surface area contributed by atoms with Crippen LogP contribution in [0.15, 0.2) is 6.33 Å². The molecule has 7 nitrogen and oxygen atoms in total. The van der Waals surface area contributed by atoms with Gasteiger partial charge in [-0.15, -0.1) is 0 Å². The van der Waals surface area contributed by atoms with Gasteiger partial charge >= 0.3 is 0 Å². The summed E-state index contributed by atoms with van der Waals surface area (Å²) in [5.74, 6) is 0.232. The molecule has 3 N–H and O–H groups in total. The molecule has 0 aliphatic carbocycles. The minimum absolute atomic E-state index is 0.0633. The molecule has 1 unspecified atom stereocenters. The van der Waals surface area contributed by atoms with Gasteiger partial charge in [-0.05, 0) is 18.5 Å². The van der Waals surface area contributed by atoms with Crippen LogP contribution in [-0.2, 0) is 4.74 Å². The summed E-state index contributed by atoms with van der Waals surface area (Å²) in [5.41, 5.74) is 6.72. The van der Waals surface area contributed by atoms with Crippen LogP contribution in [0.4, 0.5) is 5.82 Å². The minimum Gasteiger partial charge on any atom is -0.390 e. The van der Waals surface area contributed by atoms with Gasteiger partial charge in [-0.1, -0.05) is 0 Å². The van der Waals surface area contributed by atoms with Crippen LogP contribution in [0.3, 0.4) is 0 Å². The van der Waals surface area contributed by atoms with Crippen LogP contribution in [0.2, 0.25) is 5.28 Å². The highest BCUT2D eigenvalue weighted by Gasteiger charge is 2.32. The van der Waals surface area contributed by atoms with Gasteiger partial charge in [0.25, 0.3) is 0 Å². The van der Waals surface area contributed by atoms with E-state index >= 15 is 0 Å². The zero-order valence-electron chi connectivity index (χ0n) is 9.62. The number of ether oxygens (including phenoxy) is 1. The number of hydrogen-bond donors (Lipinski definition) is 2. The van der Waals surface area contributed by atoms with Gasteiger partial charge in [0, 0.05) is 6.42 Å². The smallest absolute Gasteiger partial charge is 0.226 e. The fourth-order valence-electron chi connectivity index (χ4n) is 2.09. The van der Waals surface area contributed by atoms with Gasteiger partial charge in [0.1, 0.15) is 11.7 Å². The molecule has 3 heterocycles. The predicted octanol–water partition coefficient (Wildman–Crippen LogP) is 0.730. The van der Waals surface area contributed by atoms with Crippen LogP contribution >= 0.6 is 11.6 Å². The zero-order chi connectivity index (χ0) is 12.9. The molecule has 8 heteroatoms. The normalized spacial score (nSPS) is 28.1. The molecule has 3 atom stereocenters. The van der Waals surface area contributed by atoms with Gasteiger partial charge < -0.3 is 15.6 Å². The average molecular weight is 270 g/mol. The monoisotopic (exact) mass is 269 g/mol. The highest BCUT2D eigenvalue weighted by Crippen LogP contribution is 2.31. The number of nitrogens with two attached hydrogens (primary N) is 1. The summed E-state index contributed by atoms with van der Waals surface area (Å²) in [6, 6.07) is 0. The fourth-order valence-corrected chi connectivity index (χ4v) is 2.26.